The zero-order chi connectivity index (χ0) is 34.2. The summed E-state index contributed by atoms with van der Waals surface area (Å²) >= 11 is 49.2. The van der Waals surface area contributed by atoms with E-state index in [2.05, 4.69) is 15.9 Å². The molecule has 1 saturated heterocycles. The van der Waals surface area contributed by atoms with Crippen LogP contribution in [0, 0.1) is 11.8 Å². The number of ketones is 1. The van der Waals surface area contributed by atoms with Crippen molar-refractivity contribution in [3.8, 4) is 5.75 Å². The van der Waals surface area contributed by atoms with Crippen molar-refractivity contribution in [3.63, 3.8) is 0 Å². The molecule has 1 aliphatic heterocycles. The summed E-state index contributed by atoms with van der Waals surface area (Å²) in [5.41, 5.74) is 0.244. The number of allylic oxidation sites excluding steroid dienone is 2. The first-order chi connectivity index (χ1) is 22.1. The number of benzene rings is 3. The third-order valence-corrected chi connectivity index (χ3v) is 13.3. The maximum absolute atomic E-state index is 14.1. The van der Waals surface area contributed by atoms with Crippen LogP contribution in [0.1, 0.15) is 31.1 Å². The van der Waals surface area contributed by atoms with Gasteiger partial charge in [-0.1, -0.05) is 86.1 Å². The van der Waals surface area contributed by atoms with E-state index in [1.807, 2.05) is 0 Å². The number of halogens is 8. The molecule has 6 rings (SSSR count). The number of alkyl halides is 4. The van der Waals surface area contributed by atoms with Crippen molar-refractivity contribution in [2.75, 3.05) is 6.54 Å². The van der Waals surface area contributed by atoms with Crippen molar-refractivity contribution >= 4 is 127 Å². The molecule has 3 aliphatic rings. The predicted molar refractivity (Wildman–Crippen MR) is 182 cm³/mol. The maximum atomic E-state index is 14.1. The zero-order valence-electron chi connectivity index (χ0n) is 23.2. The standard InChI is InChI=1S/C31H16BrCl7N2O6/c32-16-9-5-15(6-10-16)28(46)47-17-11-7-14(8-12-17)20(42)13-40(25(43)18-3-1-2-4-19(18)33)41-26(44)21-22(27(41)45)30(37)24(35)23(34)29(21,36)31(30,38)39/h1-12,21-22H,13H2/t21-,22-,29+,30+/m0/s1. The van der Waals surface area contributed by atoms with Crippen molar-refractivity contribution in [2.45, 2.75) is 14.1 Å². The normalized spacial score (nSPS) is 25.7. The Kier molecular flexibility index (Phi) is 8.97. The lowest BCUT2D eigenvalue weighted by Crippen LogP contribution is -2.56. The van der Waals surface area contributed by atoms with Gasteiger partial charge in [0.25, 0.3) is 17.7 Å². The number of nitrogens with zero attached hydrogens (tertiary/aromatic N) is 2. The lowest BCUT2D eigenvalue weighted by molar-refractivity contribution is -0.154. The third kappa shape index (κ3) is 5.04. The molecule has 0 spiro atoms. The van der Waals surface area contributed by atoms with Gasteiger partial charge in [-0.2, -0.15) is 5.01 Å². The number of Topliss-reactive ketones (excluding diaryl/α,β-unsaturated/α-hetero) is 1. The molecule has 16 heteroatoms. The van der Waals surface area contributed by atoms with E-state index in [1.165, 1.54) is 42.5 Å². The average molecular weight is 841 g/mol. The van der Waals surface area contributed by atoms with Crippen molar-refractivity contribution in [3.05, 3.63) is 109 Å². The largest absolute Gasteiger partial charge is 0.423 e. The summed E-state index contributed by atoms with van der Waals surface area (Å²) in [5, 5.41) is 0.503. The molecule has 0 aromatic heterocycles. The molecule has 4 atom stereocenters. The number of imide groups is 1. The number of carbonyl (C=O) groups is 5. The first-order valence-corrected chi connectivity index (χ1v) is 16.9. The fraction of sp³-hybridized carbons (Fsp3) is 0.194. The molecule has 8 nitrogen and oxygen atoms in total. The number of carbonyl (C=O) groups excluding carboxylic acids is 5. The Bertz CT molecular complexity index is 1880. The van der Waals surface area contributed by atoms with Crippen molar-refractivity contribution < 1.29 is 28.7 Å². The summed E-state index contributed by atoms with van der Waals surface area (Å²) in [6.45, 7) is -0.814. The molecular formula is C31H16BrCl7N2O6. The molecule has 2 bridgehead atoms. The Morgan fingerprint density at radius 2 is 1.28 bits per heavy atom. The fourth-order valence-corrected chi connectivity index (χ4v) is 9.32. The molecule has 2 aliphatic carbocycles. The Labute approximate surface area is 310 Å². The van der Waals surface area contributed by atoms with E-state index in [-0.39, 0.29) is 32.0 Å². The summed E-state index contributed by atoms with van der Waals surface area (Å²) in [7, 11) is 0. The highest BCUT2D eigenvalue weighted by Gasteiger charge is 2.88. The summed E-state index contributed by atoms with van der Waals surface area (Å²) in [6.07, 6.45) is 0. The van der Waals surface area contributed by atoms with Gasteiger partial charge in [-0.15, -0.1) is 23.2 Å². The number of esters is 1. The van der Waals surface area contributed by atoms with Gasteiger partial charge in [-0.25, -0.2) is 9.80 Å². The van der Waals surface area contributed by atoms with Crippen LogP contribution in [0.25, 0.3) is 0 Å². The smallest absolute Gasteiger partial charge is 0.343 e. The van der Waals surface area contributed by atoms with Crippen LogP contribution in [-0.2, 0) is 9.59 Å². The van der Waals surface area contributed by atoms with E-state index in [4.69, 9.17) is 85.9 Å². The second kappa shape index (κ2) is 12.2. The number of fused-ring (bicyclic) bond motifs is 5. The van der Waals surface area contributed by atoms with Crippen LogP contribution < -0.4 is 4.74 Å². The molecule has 2 fully saturated rings. The Morgan fingerprint density at radius 3 is 1.81 bits per heavy atom. The molecule has 0 radical (unpaired) electrons. The quantitative estimate of drug-likeness (QED) is 0.0787. The highest BCUT2D eigenvalue weighted by Crippen LogP contribution is 2.77. The Balaban J connectivity index is 1.31. The lowest BCUT2D eigenvalue weighted by Gasteiger charge is -2.36. The van der Waals surface area contributed by atoms with Gasteiger partial charge < -0.3 is 4.74 Å². The van der Waals surface area contributed by atoms with Gasteiger partial charge in [0.2, 0.25) is 0 Å². The van der Waals surface area contributed by atoms with Gasteiger partial charge >= 0.3 is 5.97 Å². The maximum Gasteiger partial charge on any atom is 0.343 e. The van der Waals surface area contributed by atoms with E-state index in [9.17, 15) is 24.0 Å². The first-order valence-electron chi connectivity index (χ1n) is 13.4. The average Bonchev–Trinajstić information content (AvgIpc) is 3.43. The van der Waals surface area contributed by atoms with Crippen molar-refractivity contribution in [2.24, 2.45) is 11.8 Å². The molecule has 1 saturated carbocycles. The summed E-state index contributed by atoms with van der Waals surface area (Å²) in [4.78, 5) is 64.0. The zero-order valence-corrected chi connectivity index (χ0v) is 30.0. The molecule has 0 N–H and O–H groups in total. The van der Waals surface area contributed by atoms with Gasteiger partial charge in [-0.05, 0) is 60.7 Å². The van der Waals surface area contributed by atoms with E-state index in [0.717, 1.165) is 4.47 Å². The van der Waals surface area contributed by atoms with Crippen molar-refractivity contribution in [1.82, 2.24) is 10.0 Å². The molecule has 0 unspecified atom stereocenters. The molecule has 1 heterocycles. The number of ether oxygens (including phenoxy) is 1. The minimum atomic E-state index is -2.19. The number of hydrazine groups is 1. The molecule has 3 amide bonds. The van der Waals surface area contributed by atoms with Crippen LogP contribution in [0.4, 0.5) is 0 Å². The molecule has 3 aromatic rings. The van der Waals surface area contributed by atoms with Crippen LogP contribution in [0.15, 0.2) is 87.3 Å². The van der Waals surface area contributed by atoms with Crippen LogP contribution >= 0.6 is 97.1 Å². The van der Waals surface area contributed by atoms with E-state index >= 15 is 0 Å². The monoisotopic (exact) mass is 836 g/mol. The predicted octanol–water partition coefficient (Wildman–Crippen LogP) is 8.01. The van der Waals surface area contributed by atoms with Gasteiger partial charge in [0.15, 0.2) is 10.1 Å². The second-order valence-corrected chi connectivity index (χ2v) is 15.4. The van der Waals surface area contributed by atoms with E-state index < -0.39 is 61.9 Å². The third-order valence-electron chi connectivity index (χ3n) is 8.23. The topological polar surface area (TPSA) is 101 Å². The lowest BCUT2D eigenvalue weighted by atomic mass is 9.84. The summed E-state index contributed by atoms with van der Waals surface area (Å²) in [6, 6.07) is 17.8. The molecule has 242 valence electrons. The van der Waals surface area contributed by atoms with Crippen LogP contribution in [0.2, 0.25) is 5.02 Å². The highest BCUT2D eigenvalue weighted by molar-refractivity contribution is 9.10. The van der Waals surface area contributed by atoms with Gasteiger partial charge in [0.1, 0.15) is 22.0 Å². The van der Waals surface area contributed by atoms with Crippen LogP contribution in [0.3, 0.4) is 0 Å². The Hall–Kier alpha value is -2.34. The Morgan fingerprint density at radius 1 is 0.766 bits per heavy atom. The molecule has 3 aromatic carbocycles. The fourth-order valence-electron chi connectivity index (χ4n) is 5.91. The highest BCUT2D eigenvalue weighted by atomic mass is 79.9. The number of amides is 3. The molecule has 47 heavy (non-hydrogen) atoms. The summed E-state index contributed by atoms with van der Waals surface area (Å²) < 4.78 is 3.97. The number of hydrogen-bond acceptors (Lipinski definition) is 6. The van der Waals surface area contributed by atoms with Crippen molar-refractivity contribution in [1.29, 1.82) is 0 Å². The van der Waals surface area contributed by atoms with Gasteiger partial charge in [0.05, 0.1) is 38.0 Å². The van der Waals surface area contributed by atoms with Gasteiger partial charge in [0, 0.05) is 10.0 Å². The van der Waals surface area contributed by atoms with E-state index in [1.54, 1.807) is 30.3 Å². The van der Waals surface area contributed by atoms with Crippen LogP contribution in [0.5, 0.6) is 5.75 Å². The van der Waals surface area contributed by atoms with E-state index in [0.29, 0.717) is 15.6 Å². The molecular weight excluding hydrogens is 824 g/mol. The SMILES string of the molecule is O=C(CN(C(=O)c1ccccc1Cl)N1C(=O)[C@@H]2[C@@H](C1=O)[C@@]1(Cl)C(Cl)=C(Cl)[C@@]2(Cl)C1(Cl)Cl)c1ccc(OC(=O)c2ccc(Br)cc2)cc1. The minimum Gasteiger partial charge on any atom is -0.423 e. The van der Waals surface area contributed by atoms with Crippen LogP contribution in [-0.4, -0.2) is 60.1 Å². The number of hydrogen-bond donors (Lipinski definition) is 0. The van der Waals surface area contributed by atoms with Gasteiger partial charge in [-0.3, -0.25) is 19.2 Å². The summed E-state index contributed by atoms with van der Waals surface area (Å²) in [5.74, 6) is -7.30. The number of rotatable bonds is 7. The first kappa shape index (κ1) is 34.5. The second-order valence-electron chi connectivity index (χ2n) is 10.8. The minimum absolute atomic E-state index is 0.0119.